The second-order valence-corrected chi connectivity index (χ2v) is 7.32. The molecule has 138 valence electrons. The van der Waals surface area contributed by atoms with Gasteiger partial charge in [0, 0.05) is 31.6 Å². The van der Waals surface area contributed by atoms with Crippen molar-refractivity contribution in [2.75, 3.05) is 18.4 Å². The number of amides is 3. The Bertz CT molecular complexity index is 748. The van der Waals surface area contributed by atoms with Crippen LogP contribution < -0.4 is 16.0 Å². The van der Waals surface area contributed by atoms with Gasteiger partial charge in [-0.1, -0.05) is 0 Å². The molecule has 1 aromatic rings. The van der Waals surface area contributed by atoms with Gasteiger partial charge in [0.1, 0.15) is 11.5 Å². The van der Waals surface area contributed by atoms with Crippen LogP contribution in [0, 0.1) is 0 Å². The van der Waals surface area contributed by atoms with Gasteiger partial charge in [0.2, 0.25) is 11.8 Å². The van der Waals surface area contributed by atoms with E-state index in [9.17, 15) is 14.4 Å². The molecule has 4 rings (SSSR count). The zero-order chi connectivity index (χ0) is 18.1. The molecule has 1 atom stereocenters. The fourth-order valence-corrected chi connectivity index (χ4v) is 3.70. The number of pyridine rings is 1. The molecule has 3 N–H and O–H groups in total. The first-order valence-corrected chi connectivity index (χ1v) is 9.17. The highest BCUT2D eigenvalue weighted by atomic mass is 16.2. The lowest BCUT2D eigenvalue weighted by molar-refractivity contribution is -0.136. The molecule has 1 saturated carbocycles. The molecule has 3 amide bonds. The molecule has 0 unspecified atom stereocenters. The Balaban J connectivity index is 1.43. The molecule has 2 fully saturated rings. The van der Waals surface area contributed by atoms with Gasteiger partial charge in [-0.15, -0.1) is 0 Å². The van der Waals surface area contributed by atoms with Crippen molar-refractivity contribution in [1.82, 2.24) is 20.5 Å². The van der Waals surface area contributed by atoms with Crippen LogP contribution in [0.4, 0.5) is 5.82 Å². The maximum Gasteiger partial charge on any atom is 0.256 e. The Hall–Kier alpha value is -2.64. The number of carbonyl (C=O) groups excluding carboxylic acids is 3. The van der Waals surface area contributed by atoms with Crippen molar-refractivity contribution in [3.8, 4) is 0 Å². The number of anilines is 1. The summed E-state index contributed by atoms with van der Waals surface area (Å²) in [6.45, 7) is 0.487. The number of rotatable bonds is 3. The summed E-state index contributed by atoms with van der Waals surface area (Å²) in [5.41, 5.74) is -0.196. The van der Waals surface area contributed by atoms with Crippen LogP contribution in [0.3, 0.4) is 0 Å². The standard InChI is InChI=1S/C18H23N5O3/c24-14(20-12-3-1-4-12)11-23-10-8-18(7-6-15(23)25)21-16-13(17(26)22-18)5-2-9-19-16/h2,5,9,12H,1,3-4,6-8,10-11H2,(H,19,21)(H,20,24)(H,22,26)/t18-/m0/s1. The molecule has 0 radical (unpaired) electrons. The number of nitrogens with one attached hydrogen (secondary N) is 3. The molecular weight excluding hydrogens is 334 g/mol. The number of likely N-dealkylation sites (tertiary alicyclic amines) is 1. The van der Waals surface area contributed by atoms with Crippen molar-refractivity contribution in [3.05, 3.63) is 23.9 Å². The molecule has 1 saturated heterocycles. The van der Waals surface area contributed by atoms with Gasteiger partial charge in [-0.3, -0.25) is 14.4 Å². The number of hydrogen-bond acceptors (Lipinski definition) is 5. The smallest absolute Gasteiger partial charge is 0.256 e. The summed E-state index contributed by atoms with van der Waals surface area (Å²) >= 11 is 0. The summed E-state index contributed by atoms with van der Waals surface area (Å²) in [6, 6.07) is 3.70. The number of carbonyl (C=O) groups is 3. The monoisotopic (exact) mass is 357 g/mol. The van der Waals surface area contributed by atoms with Gasteiger partial charge in [-0.2, -0.15) is 0 Å². The van der Waals surface area contributed by atoms with E-state index in [-0.39, 0.29) is 36.7 Å². The Kier molecular flexibility index (Phi) is 4.26. The van der Waals surface area contributed by atoms with Gasteiger partial charge < -0.3 is 20.9 Å². The molecule has 26 heavy (non-hydrogen) atoms. The molecule has 8 heteroatoms. The number of aromatic nitrogens is 1. The second-order valence-electron chi connectivity index (χ2n) is 7.32. The zero-order valence-corrected chi connectivity index (χ0v) is 14.6. The van der Waals surface area contributed by atoms with Crippen molar-refractivity contribution in [3.63, 3.8) is 0 Å². The highest BCUT2D eigenvalue weighted by Crippen LogP contribution is 2.30. The van der Waals surface area contributed by atoms with Gasteiger partial charge in [0.15, 0.2) is 0 Å². The van der Waals surface area contributed by atoms with E-state index in [1.165, 1.54) is 0 Å². The van der Waals surface area contributed by atoms with E-state index in [2.05, 4.69) is 20.9 Å². The lowest BCUT2D eigenvalue weighted by Crippen LogP contribution is -2.58. The fourth-order valence-electron chi connectivity index (χ4n) is 3.70. The number of nitrogens with zero attached hydrogens (tertiary/aromatic N) is 2. The third-order valence-corrected chi connectivity index (χ3v) is 5.49. The van der Waals surface area contributed by atoms with E-state index in [0.29, 0.717) is 30.8 Å². The molecule has 1 aromatic heterocycles. The normalized spacial score (nSPS) is 25.6. The Morgan fingerprint density at radius 3 is 2.92 bits per heavy atom. The summed E-state index contributed by atoms with van der Waals surface area (Å²) in [4.78, 5) is 42.9. The summed E-state index contributed by atoms with van der Waals surface area (Å²) in [5, 5.41) is 9.28. The summed E-state index contributed by atoms with van der Waals surface area (Å²) in [5.74, 6) is 0.190. The summed E-state index contributed by atoms with van der Waals surface area (Å²) in [7, 11) is 0. The minimum Gasteiger partial charge on any atom is -0.352 e. The maximum atomic E-state index is 12.5. The van der Waals surface area contributed by atoms with Crippen LogP contribution in [0.5, 0.6) is 0 Å². The average Bonchev–Trinajstić information content (AvgIpc) is 2.73. The molecule has 3 heterocycles. The van der Waals surface area contributed by atoms with Crippen LogP contribution >= 0.6 is 0 Å². The van der Waals surface area contributed by atoms with E-state index in [1.807, 2.05) is 0 Å². The fraction of sp³-hybridized carbons (Fsp3) is 0.556. The molecule has 1 spiro atoms. The second kappa shape index (κ2) is 6.59. The van der Waals surface area contributed by atoms with Crippen molar-refractivity contribution in [1.29, 1.82) is 0 Å². The SMILES string of the molecule is O=C(CN1CC[C@]2(CCC1=O)NC(=O)c1cccnc1N2)NC1CCC1. The van der Waals surface area contributed by atoms with E-state index >= 15 is 0 Å². The average molecular weight is 357 g/mol. The molecule has 0 bridgehead atoms. The molecule has 2 aliphatic heterocycles. The zero-order valence-electron chi connectivity index (χ0n) is 14.6. The Labute approximate surface area is 151 Å². The third kappa shape index (κ3) is 3.23. The highest BCUT2D eigenvalue weighted by Gasteiger charge is 2.41. The predicted molar refractivity (Wildman–Crippen MR) is 94.3 cm³/mol. The predicted octanol–water partition coefficient (Wildman–Crippen LogP) is 0.614. The molecule has 1 aliphatic carbocycles. The van der Waals surface area contributed by atoms with Gasteiger partial charge in [-0.05, 0) is 37.8 Å². The first-order valence-electron chi connectivity index (χ1n) is 9.17. The topological polar surface area (TPSA) is 103 Å². The van der Waals surface area contributed by atoms with Crippen molar-refractivity contribution in [2.24, 2.45) is 0 Å². The Morgan fingerprint density at radius 1 is 1.31 bits per heavy atom. The number of fused-ring (bicyclic) bond motifs is 1. The quantitative estimate of drug-likeness (QED) is 0.736. The third-order valence-electron chi connectivity index (χ3n) is 5.49. The van der Waals surface area contributed by atoms with Crippen LogP contribution in [0.25, 0.3) is 0 Å². The summed E-state index contributed by atoms with van der Waals surface area (Å²) < 4.78 is 0. The minimum absolute atomic E-state index is 0.0616. The van der Waals surface area contributed by atoms with Crippen LogP contribution in [0.2, 0.25) is 0 Å². The molecule has 0 aromatic carbocycles. The van der Waals surface area contributed by atoms with E-state index in [0.717, 1.165) is 19.3 Å². The number of hydrogen-bond donors (Lipinski definition) is 3. The first-order chi connectivity index (χ1) is 12.5. The van der Waals surface area contributed by atoms with E-state index in [1.54, 1.807) is 23.2 Å². The van der Waals surface area contributed by atoms with Gasteiger partial charge in [0.25, 0.3) is 5.91 Å². The van der Waals surface area contributed by atoms with Gasteiger partial charge in [-0.25, -0.2) is 4.98 Å². The molecular formula is C18H23N5O3. The van der Waals surface area contributed by atoms with Crippen LogP contribution in [-0.2, 0) is 9.59 Å². The van der Waals surface area contributed by atoms with Crippen molar-refractivity contribution < 1.29 is 14.4 Å². The maximum absolute atomic E-state index is 12.5. The van der Waals surface area contributed by atoms with Crippen LogP contribution in [-0.4, -0.2) is 52.4 Å². The largest absolute Gasteiger partial charge is 0.352 e. The van der Waals surface area contributed by atoms with E-state index in [4.69, 9.17) is 0 Å². The minimum atomic E-state index is -0.701. The van der Waals surface area contributed by atoms with Gasteiger partial charge >= 0.3 is 0 Å². The highest BCUT2D eigenvalue weighted by molar-refractivity contribution is 6.01. The van der Waals surface area contributed by atoms with Gasteiger partial charge in [0.05, 0.1) is 12.1 Å². The Morgan fingerprint density at radius 2 is 2.15 bits per heavy atom. The lowest BCUT2D eigenvalue weighted by Gasteiger charge is -2.39. The van der Waals surface area contributed by atoms with Crippen LogP contribution in [0.1, 0.15) is 48.9 Å². The van der Waals surface area contributed by atoms with Crippen LogP contribution in [0.15, 0.2) is 18.3 Å². The molecule has 3 aliphatic rings. The summed E-state index contributed by atoms with van der Waals surface area (Å²) in [6.07, 6.45) is 6.09. The van der Waals surface area contributed by atoms with Crippen molar-refractivity contribution in [2.45, 2.75) is 50.2 Å². The first kappa shape index (κ1) is 16.8. The van der Waals surface area contributed by atoms with E-state index < -0.39 is 5.66 Å². The molecule has 8 nitrogen and oxygen atoms in total. The lowest BCUT2D eigenvalue weighted by atomic mass is 9.93. The van der Waals surface area contributed by atoms with Crippen molar-refractivity contribution >= 4 is 23.5 Å².